The average Bonchev–Trinajstić information content (AvgIpc) is 3.40. The average molecular weight is 629 g/mol. The summed E-state index contributed by atoms with van der Waals surface area (Å²) < 4.78 is 91.4. The van der Waals surface area contributed by atoms with Gasteiger partial charge in [-0.2, -0.15) is 23.1 Å². The van der Waals surface area contributed by atoms with Gasteiger partial charge in [0, 0.05) is 36.9 Å². The fraction of sp³-hybridized carbons (Fsp3) is 0.552. The van der Waals surface area contributed by atoms with Gasteiger partial charge in [0.25, 0.3) is 0 Å². The number of alkyl halides is 4. The number of hydrogen-bond donors (Lipinski definition) is 0. The monoisotopic (exact) mass is 628 g/mol. The summed E-state index contributed by atoms with van der Waals surface area (Å²) >= 11 is 6.65. The molecule has 8 nitrogen and oxygen atoms in total. The van der Waals surface area contributed by atoms with Gasteiger partial charge in [0.15, 0.2) is 19.2 Å². The molecule has 4 atom stereocenters. The van der Waals surface area contributed by atoms with Gasteiger partial charge in [0.1, 0.15) is 29.7 Å². The number of aromatic nitrogens is 3. The first kappa shape index (κ1) is 30.0. The number of ether oxygens (including phenoxy) is 4. The highest BCUT2D eigenvalue weighted by atomic mass is 35.5. The van der Waals surface area contributed by atoms with Crippen molar-refractivity contribution in [3.8, 4) is 28.9 Å². The number of rotatable bonds is 10. The quantitative estimate of drug-likeness (QED) is 0.186. The Morgan fingerprint density at radius 2 is 1.95 bits per heavy atom. The zero-order valence-corrected chi connectivity index (χ0v) is 24.3. The van der Waals surface area contributed by atoms with Crippen molar-refractivity contribution in [2.75, 3.05) is 40.2 Å². The molecule has 0 radical (unpaired) electrons. The van der Waals surface area contributed by atoms with Crippen molar-refractivity contribution in [3.63, 3.8) is 0 Å². The van der Waals surface area contributed by atoms with Crippen molar-refractivity contribution in [2.45, 2.75) is 56.4 Å². The Morgan fingerprint density at radius 3 is 2.67 bits per heavy atom. The topological polar surface area (TPSA) is 78.8 Å². The zero-order chi connectivity index (χ0) is 30.5. The summed E-state index contributed by atoms with van der Waals surface area (Å²) in [5.74, 6) is -0.753. The lowest BCUT2D eigenvalue weighted by Gasteiger charge is -2.30. The molecule has 14 heteroatoms. The summed E-state index contributed by atoms with van der Waals surface area (Å²) in [6.07, 6.45) is -1.89. The molecule has 2 aromatic heterocycles. The van der Waals surface area contributed by atoms with Crippen LogP contribution in [-0.4, -0.2) is 77.9 Å². The highest BCUT2D eigenvalue weighted by molar-refractivity contribution is 6.32. The molecule has 0 N–H and O–H groups in total. The Bertz CT molecular complexity index is 1530. The van der Waals surface area contributed by atoms with Crippen molar-refractivity contribution >= 4 is 22.5 Å². The van der Waals surface area contributed by atoms with Gasteiger partial charge < -0.3 is 18.9 Å². The number of methoxy groups -OCH3 is 1. The van der Waals surface area contributed by atoms with E-state index in [9.17, 15) is 17.6 Å². The lowest BCUT2D eigenvalue weighted by atomic mass is 9.95. The Hall–Kier alpha value is -3.03. The summed E-state index contributed by atoms with van der Waals surface area (Å²) in [7, 11) is 1.46. The maximum atomic E-state index is 16.4. The normalized spacial score (nSPS) is 25.3. The van der Waals surface area contributed by atoms with Crippen LogP contribution < -0.4 is 14.2 Å². The van der Waals surface area contributed by atoms with Gasteiger partial charge in [0.05, 0.1) is 10.9 Å². The summed E-state index contributed by atoms with van der Waals surface area (Å²) in [4.78, 5) is 14.6. The molecule has 1 aliphatic carbocycles. The van der Waals surface area contributed by atoms with Crippen LogP contribution in [0.2, 0.25) is 5.02 Å². The maximum absolute atomic E-state index is 16.4. The molecule has 3 aromatic rings. The summed E-state index contributed by atoms with van der Waals surface area (Å²) in [5, 5.41) is 0.200. The largest absolute Gasteiger partial charge is 0.467 e. The predicted molar refractivity (Wildman–Crippen MR) is 147 cm³/mol. The second-order valence-corrected chi connectivity index (χ2v) is 11.9. The molecule has 4 heterocycles. The molecule has 1 aromatic carbocycles. The van der Waals surface area contributed by atoms with Gasteiger partial charge in [-0.1, -0.05) is 18.5 Å². The molecule has 0 bridgehead atoms. The Kier molecular flexibility index (Phi) is 8.01. The number of benzene rings is 1. The molecule has 3 aliphatic rings. The van der Waals surface area contributed by atoms with E-state index >= 15 is 4.39 Å². The van der Waals surface area contributed by atoms with E-state index in [1.807, 2.05) is 11.8 Å². The smallest absolute Gasteiger partial charge is 0.422 e. The Labute approximate surface area is 249 Å². The first-order chi connectivity index (χ1) is 20.5. The molecule has 2 saturated heterocycles. The molecule has 0 spiro atoms. The van der Waals surface area contributed by atoms with Crippen LogP contribution in [0.25, 0.3) is 22.2 Å². The van der Waals surface area contributed by atoms with Crippen LogP contribution in [0.15, 0.2) is 18.3 Å². The van der Waals surface area contributed by atoms with Gasteiger partial charge in [-0.25, -0.2) is 8.78 Å². The second kappa shape index (κ2) is 11.5. The van der Waals surface area contributed by atoms with Gasteiger partial charge in [-0.3, -0.25) is 9.88 Å². The predicted octanol–water partition coefficient (Wildman–Crippen LogP) is 6.49. The minimum atomic E-state index is -4.68. The zero-order valence-electron chi connectivity index (χ0n) is 23.5. The van der Waals surface area contributed by atoms with Crippen LogP contribution in [0.4, 0.5) is 22.0 Å². The lowest BCUT2D eigenvalue weighted by molar-refractivity contribution is -0.153. The van der Waals surface area contributed by atoms with Crippen LogP contribution in [0, 0.1) is 11.7 Å². The third kappa shape index (κ3) is 6.03. The fourth-order valence-corrected chi connectivity index (χ4v) is 6.62. The van der Waals surface area contributed by atoms with Crippen LogP contribution in [0.1, 0.15) is 44.1 Å². The highest BCUT2D eigenvalue weighted by Crippen LogP contribution is 2.53. The fourth-order valence-electron chi connectivity index (χ4n) is 6.27. The van der Waals surface area contributed by atoms with Gasteiger partial charge >= 0.3 is 12.2 Å². The third-order valence-electron chi connectivity index (χ3n) is 8.41. The molecular formula is C29H30ClF5N4O4. The molecule has 3 fully saturated rings. The third-order valence-corrected chi connectivity index (χ3v) is 8.73. The van der Waals surface area contributed by atoms with Crippen LogP contribution in [-0.2, 0) is 4.74 Å². The van der Waals surface area contributed by atoms with Crippen LogP contribution >= 0.6 is 11.6 Å². The molecule has 2 aliphatic heterocycles. The minimum absolute atomic E-state index is 0.00456. The first-order valence-electron chi connectivity index (χ1n) is 14.0. The van der Waals surface area contributed by atoms with E-state index in [0.29, 0.717) is 40.8 Å². The first-order valence-corrected chi connectivity index (χ1v) is 14.4. The van der Waals surface area contributed by atoms with Crippen molar-refractivity contribution in [1.29, 1.82) is 0 Å². The SMILES string of the molecule is COCOc1cc(Cl)c([C@H]2C[C@H]2C)c(-c2ncc3c(OCC(F)(F)F)nc(OC[C@@]45CCCN4C[C@H](F)C5)nc3c2F)c1. The Morgan fingerprint density at radius 1 is 1.16 bits per heavy atom. The standard InChI is InChI=1S/C29H30ClF5N4O4/c1-15-6-18(15)22-19(7-17(8-21(22)30)43-14-40-2)24-23(32)25-20(10-36-24)26(41-13-29(33,34)35)38-27(37-25)42-12-28-4-3-5-39(28)11-16(31)9-28/h7-8,10,15-16,18H,3-6,9,11-14H2,1-2H3/t15-,16-,18+,28+/m1/s1. The second-order valence-electron chi connectivity index (χ2n) is 11.5. The van der Waals surface area contributed by atoms with Gasteiger partial charge in [0.2, 0.25) is 5.88 Å². The molecular weight excluding hydrogens is 599 g/mol. The van der Waals surface area contributed by atoms with E-state index in [4.69, 9.17) is 30.5 Å². The molecule has 6 rings (SSSR count). The summed E-state index contributed by atoms with van der Waals surface area (Å²) in [6.45, 7) is 1.30. The number of nitrogens with zero attached hydrogens (tertiary/aromatic N) is 4. The van der Waals surface area contributed by atoms with Crippen LogP contribution in [0.3, 0.4) is 0 Å². The van der Waals surface area contributed by atoms with E-state index in [2.05, 4.69) is 15.0 Å². The molecule has 0 amide bonds. The molecule has 0 unspecified atom stereocenters. The maximum Gasteiger partial charge on any atom is 0.422 e. The van der Waals surface area contributed by atoms with E-state index < -0.39 is 36.2 Å². The van der Waals surface area contributed by atoms with Crippen molar-refractivity contribution < 1.29 is 40.9 Å². The highest BCUT2D eigenvalue weighted by Gasteiger charge is 2.49. The molecule has 232 valence electrons. The molecule has 1 saturated carbocycles. The minimum Gasteiger partial charge on any atom is -0.467 e. The number of hydrogen-bond acceptors (Lipinski definition) is 8. The number of pyridine rings is 1. The Balaban J connectivity index is 1.43. The van der Waals surface area contributed by atoms with E-state index in [1.165, 1.54) is 13.3 Å². The van der Waals surface area contributed by atoms with Crippen molar-refractivity contribution in [2.24, 2.45) is 5.92 Å². The lowest BCUT2D eigenvalue weighted by Crippen LogP contribution is -2.43. The van der Waals surface area contributed by atoms with E-state index in [-0.39, 0.29) is 54.9 Å². The molecule has 43 heavy (non-hydrogen) atoms. The van der Waals surface area contributed by atoms with E-state index in [1.54, 1.807) is 12.1 Å². The summed E-state index contributed by atoms with van der Waals surface area (Å²) in [6, 6.07) is 2.84. The van der Waals surface area contributed by atoms with Crippen LogP contribution in [0.5, 0.6) is 17.6 Å². The number of halogens is 6. The number of fused-ring (bicyclic) bond motifs is 2. The van der Waals surface area contributed by atoms with Crippen molar-refractivity contribution in [1.82, 2.24) is 19.9 Å². The van der Waals surface area contributed by atoms with E-state index in [0.717, 1.165) is 12.8 Å². The van der Waals surface area contributed by atoms with Gasteiger partial charge in [-0.05, 0) is 55.3 Å². The van der Waals surface area contributed by atoms with Crippen molar-refractivity contribution in [3.05, 3.63) is 34.7 Å². The summed E-state index contributed by atoms with van der Waals surface area (Å²) in [5.41, 5.74) is 0.0196. The van der Waals surface area contributed by atoms with Gasteiger partial charge in [-0.15, -0.1) is 0 Å².